The highest BCUT2D eigenvalue weighted by Crippen LogP contribution is 2.49. The van der Waals surface area contributed by atoms with Gasteiger partial charge >= 0.3 is 5.97 Å². The van der Waals surface area contributed by atoms with Crippen LogP contribution >= 0.6 is 0 Å². The molecule has 24 heavy (non-hydrogen) atoms. The third kappa shape index (κ3) is 4.02. The average Bonchev–Trinajstić information content (AvgIpc) is 3.16. The normalized spacial score (nSPS) is 24.6. The van der Waals surface area contributed by atoms with Crippen molar-refractivity contribution in [3.05, 3.63) is 29.8 Å². The van der Waals surface area contributed by atoms with Crippen molar-refractivity contribution in [3.8, 4) is 0 Å². The minimum Gasteiger partial charge on any atom is -0.456 e. The molecule has 2 fully saturated rings. The van der Waals surface area contributed by atoms with E-state index in [0.29, 0.717) is 29.5 Å². The summed E-state index contributed by atoms with van der Waals surface area (Å²) in [5.41, 5.74) is 1.17. The number of benzene rings is 1. The summed E-state index contributed by atoms with van der Waals surface area (Å²) in [5.74, 6) is 1.24. The number of rotatable bonds is 6. The van der Waals surface area contributed by atoms with E-state index in [4.69, 9.17) is 4.74 Å². The van der Waals surface area contributed by atoms with Gasteiger partial charge in [0.25, 0.3) is 5.91 Å². The van der Waals surface area contributed by atoms with Crippen LogP contribution in [0.15, 0.2) is 24.3 Å². The third-order valence-electron chi connectivity index (χ3n) is 5.25. The molecule has 0 aromatic heterocycles. The van der Waals surface area contributed by atoms with Gasteiger partial charge in [-0.2, -0.15) is 0 Å². The zero-order chi connectivity index (χ0) is 17.1. The van der Waals surface area contributed by atoms with Gasteiger partial charge in [-0.05, 0) is 68.2 Å². The topological polar surface area (TPSA) is 72.5 Å². The summed E-state index contributed by atoms with van der Waals surface area (Å²) >= 11 is 0. The lowest BCUT2D eigenvalue weighted by atomic mass is 9.86. The Morgan fingerprint density at radius 2 is 1.88 bits per heavy atom. The smallest absolute Gasteiger partial charge is 0.306 e. The molecular formula is C19H23NO4. The first kappa shape index (κ1) is 16.7. The van der Waals surface area contributed by atoms with Gasteiger partial charge in [0.1, 0.15) is 0 Å². The van der Waals surface area contributed by atoms with Crippen molar-refractivity contribution in [1.82, 2.24) is 0 Å². The highest BCUT2D eigenvalue weighted by atomic mass is 16.5. The molecule has 5 nitrogen and oxygen atoms in total. The molecule has 5 heteroatoms. The number of fused-ring (bicyclic) bond motifs is 2. The molecule has 1 aromatic carbocycles. The molecule has 0 saturated heterocycles. The van der Waals surface area contributed by atoms with Crippen LogP contribution in [0, 0.1) is 17.8 Å². The zero-order valence-corrected chi connectivity index (χ0v) is 13.9. The molecule has 2 aliphatic rings. The largest absolute Gasteiger partial charge is 0.456 e. The molecule has 3 rings (SSSR count). The van der Waals surface area contributed by atoms with Gasteiger partial charge in [-0.15, -0.1) is 0 Å². The van der Waals surface area contributed by atoms with Crippen molar-refractivity contribution in [2.24, 2.45) is 17.8 Å². The van der Waals surface area contributed by atoms with Gasteiger partial charge in [-0.25, -0.2) is 0 Å². The molecule has 2 aliphatic carbocycles. The van der Waals surface area contributed by atoms with Crippen molar-refractivity contribution in [2.75, 3.05) is 11.9 Å². The van der Waals surface area contributed by atoms with Gasteiger partial charge < -0.3 is 10.1 Å². The van der Waals surface area contributed by atoms with Crippen LogP contribution in [0.1, 0.15) is 49.4 Å². The van der Waals surface area contributed by atoms with Crippen LogP contribution < -0.4 is 5.32 Å². The van der Waals surface area contributed by atoms with Crippen molar-refractivity contribution in [3.63, 3.8) is 0 Å². The number of esters is 1. The number of ketones is 1. The van der Waals surface area contributed by atoms with E-state index >= 15 is 0 Å². The van der Waals surface area contributed by atoms with Crippen molar-refractivity contribution < 1.29 is 19.1 Å². The van der Waals surface area contributed by atoms with E-state index in [1.807, 2.05) is 0 Å². The fourth-order valence-corrected chi connectivity index (χ4v) is 4.03. The fraction of sp³-hybridized carbons (Fsp3) is 0.526. The van der Waals surface area contributed by atoms with Crippen LogP contribution in [0.3, 0.4) is 0 Å². The SMILES string of the molecule is CC(=O)c1ccc(NC(=O)COC(=O)C[C@H]2C[C@@H]3CC[C@@H]2C3)cc1. The predicted octanol–water partition coefficient (Wildman–Crippen LogP) is 3.20. The second kappa shape index (κ2) is 7.16. The molecule has 2 bridgehead atoms. The number of hydrogen-bond donors (Lipinski definition) is 1. The Hall–Kier alpha value is -2.17. The summed E-state index contributed by atoms with van der Waals surface area (Å²) in [6.07, 6.45) is 5.37. The number of carbonyl (C=O) groups excluding carboxylic acids is 3. The zero-order valence-electron chi connectivity index (χ0n) is 13.9. The third-order valence-corrected chi connectivity index (χ3v) is 5.25. The van der Waals surface area contributed by atoms with E-state index in [1.165, 1.54) is 26.2 Å². The molecule has 0 unspecified atom stereocenters. The van der Waals surface area contributed by atoms with Crippen LogP contribution in [0.4, 0.5) is 5.69 Å². The maximum absolute atomic E-state index is 11.9. The quantitative estimate of drug-likeness (QED) is 0.642. The fourth-order valence-electron chi connectivity index (χ4n) is 4.03. The standard InChI is InChI=1S/C19H23NO4/c1-12(21)14-4-6-17(7-5-14)20-18(22)11-24-19(23)10-16-9-13-2-3-15(16)8-13/h4-7,13,15-16H,2-3,8-11H2,1H3,(H,20,22)/t13-,15-,16-/m1/s1. The monoisotopic (exact) mass is 329 g/mol. The Kier molecular flexibility index (Phi) is 4.97. The highest BCUT2D eigenvalue weighted by Gasteiger charge is 2.40. The van der Waals surface area contributed by atoms with Gasteiger partial charge in [0.05, 0.1) is 0 Å². The number of hydrogen-bond acceptors (Lipinski definition) is 4. The molecule has 1 amide bonds. The van der Waals surface area contributed by atoms with Crippen LogP contribution in [0.5, 0.6) is 0 Å². The summed E-state index contributed by atoms with van der Waals surface area (Å²) in [7, 11) is 0. The number of ether oxygens (including phenoxy) is 1. The summed E-state index contributed by atoms with van der Waals surface area (Å²) < 4.78 is 5.10. The Morgan fingerprint density at radius 3 is 2.46 bits per heavy atom. The first-order valence-electron chi connectivity index (χ1n) is 8.57. The second-order valence-corrected chi connectivity index (χ2v) is 6.98. The molecule has 0 heterocycles. The molecule has 3 atom stereocenters. The molecule has 0 radical (unpaired) electrons. The van der Waals surface area contributed by atoms with Gasteiger partial charge in [-0.3, -0.25) is 14.4 Å². The highest BCUT2D eigenvalue weighted by molar-refractivity contribution is 5.96. The number of nitrogens with one attached hydrogen (secondary N) is 1. The Labute approximate surface area is 141 Å². The molecule has 0 spiro atoms. The Morgan fingerprint density at radius 1 is 1.12 bits per heavy atom. The van der Waals surface area contributed by atoms with Crippen molar-refractivity contribution in [1.29, 1.82) is 0 Å². The van der Waals surface area contributed by atoms with E-state index in [2.05, 4.69) is 5.32 Å². The molecule has 1 N–H and O–H groups in total. The number of amides is 1. The minimum absolute atomic E-state index is 0.0255. The lowest BCUT2D eigenvalue weighted by molar-refractivity contribution is -0.148. The van der Waals surface area contributed by atoms with Crippen LogP contribution in [0.25, 0.3) is 0 Å². The van der Waals surface area contributed by atoms with E-state index < -0.39 is 0 Å². The van der Waals surface area contributed by atoms with Crippen LogP contribution in [-0.2, 0) is 14.3 Å². The second-order valence-electron chi connectivity index (χ2n) is 6.98. The van der Waals surface area contributed by atoms with Gasteiger partial charge in [0.2, 0.25) is 0 Å². The van der Waals surface area contributed by atoms with Crippen molar-refractivity contribution >= 4 is 23.3 Å². The Bertz CT molecular complexity index is 637. The van der Waals surface area contributed by atoms with E-state index in [9.17, 15) is 14.4 Å². The maximum Gasteiger partial charge on any atom is 0.306 e. The van der Waals surface area contributed by atoms with Crippen LogP contribution in [-0.4, -0.2) is 24.3 Å². The molecule has 128 valence electrons. The molecule has 2 saturated carbocycles. The number of Topliss-reactive ketones (excluding diaryl/α,β-unsaturated/α-hetero) is 1. The minimum atomic E-state index is -0.369. The first-order chi connectivity index (χ1) is 11.5. The average molecular weight is 329 g/mol. The molecular weight excluding hydrogens is 306 g/mol. The summed E-state index contributed by atoms with van der Waals surface area (Å²) in [6, 6.07) is 6.62. The van der Waals surface area contributed by atoms with Gasteiger partial charge in [-0.1, -0.05) is 6.42 Å². The van der Waals surface area contributed by atoms with E-state index in [1.54, 1.807) is 24.3 Å². The predicted molar refractivity (Wildman–Crippen MR) is 89.6 cm³/mol. The van der Waals surface area contributed by atoms with Gasteiger partial charge in [0.15, 0.2) is 12.4 Å². The maximum atomic E-state index is 11.9. The lowest BCUT2D eigenvalue weighted by Gasteiger charge is -2.20. The number of carbonyl (C=O) groups is 3. The lowest BCUT2D eigenvalue weighted by Crippen LogP contribution is -2.23. The van der Waals surface area contributed by atoms with E-state index in [-0.39, 0.29) is 24.3 Å². The summed E-state index contributed by atoms with van der Waals surface area (Å²) in [5, 5.41) is 2.66. The number of anilines is 1. The van der Waals surface area contributed by atoms with Crippen molar-refractivity contribution in [2.45, 2.75) is 39.0 Å². The summed E-state index contributed by atoms with van der Waals surface area (Å²) in [6.45, 7) is 1.22. The van der Waals surface area contributed by atoms with Crippen LogP contribution in [0.2, 0.25) is 0 Å². The van der Waals surface area contributed by atoms with Gasteiger partial charge in [0, 0.05) is 17.7 Å². The van der Waals surface area contributed by atoms with E-state index in [0.717, 1.165) is 12.3 Å². The first-order valence-corrected chi connectivity index (χ1v) is 8.57. The molecule has 1 aromatic rings. The summed E-state index contributed by atoms with van der Waals surface area (Å²) in [4.78, 5) is 35.0. The Balaban J connectivity index is 1.40. The molecule has 0 aliphatic heterocycles.